The third kappa shape index (κ3) is 65.0. The zero-order chi connectivity index (χ0) is 4.71. The first-order valence-electron chi connectivity index (χ1n) is 0.478. The van der Waals surface area contributed by atoms with Crippen LogP contribution in [0.4, 0.5) is 0 Å². The summed E-state index contributed by atoms with van der Waals surface area (Å²) in [4.78, 5) is 0. The molecule has 1 N–H and O–H groups in total. The van der Waals surface area contributed by atoms with Crippen LogP contribution in [0.15, 0.2) is 0 Å². The first-order valence-corrected chi connectivity index (χ1v) is 1.43. The molecule has 0 bridgehead atoms. The van der Waals surface area contributed by atoms with Gasteiger partial charge in [-0.25, -0.2) is 0 Å². The fourth-order valence-electron chi connectivity index (χ4n) is 0. The molecule has 0 heterocycles. The zero-order valence-electron chi connectivity index (χ0n) is 3.07. The van der Waals surface area contributed by atoms with E-state index in [-0.39, 0.29) is 43.6 Å². The van der Waals surface area contributed by atoms with Gasteiger partial charge in [0.1, 0.15) is 0 Å². The standard InChI is InChI=1S/Al.Cl2O.ClHO.Zr/c;1-3-2;1-2;/h;;2H;. The Morgan fingerprint density at radius 3 is 1.14 bits per heavy atom. The molecule has 3 radical (unpaired) electrons. The number of hydrogen-bond acceptors (Lipinski definition) is 2. The van der Waals surface area contributed by atoms with Crippen molar-refractivity contribution < 1.29 is 34.7 Å². The maximum Gasteiger partial charge on any atom is 0.0832 e. The molecule has 0 aliphatic carbocycles. The van der Waals surface area contributed by atoms with Crippen molar-refractivity contribution in [2.75, 3.05) is 0 Å². The van der Waals surface area contributed by atoms with E-state index in [9.17, 15) is 0 Å². The van der Waals surface area contributed by atoms with Gasteiger partial charge in [0.25, 0.3) is 0 Å². The van der Waals surface area contributed by atoms with Gasteiger partial charge in [0.05, 0.1) is 35.6 Å². The Morgan fingerprint density at radius 1 is 1.14 bits per heavy atom. The molecule has 0 unspecified atom stereocenters. The molecule has 0 aromatic heterocycles. The summed E-state index contributed by atoms with van der Waals surface area (Å²) < 4.78 is 9.67. The fourth-order valence-corrected chi connectivity index (χ4v) is 0. The van der Waals surface area contributed by atoms with Gasteiger partial charge in [-0.3, -0.25) is 4.66 Å². The van der Waals surface area contributed by atoms with Crippen LogP contribution in [-0.4, -0.2) is 22.0 Å². The summed E-state index contributed by atoms with van der Waals surface area (Å²) in [5.41, 5.74) is 0. The van der Waals surface area contributed by atoms with Crippen molar-refractivity contribution in [3.63, 3.8) is 0 Å². The van der Waals surface area contributed by atoms with E-state index in [4.69, 9.17) is 4.66 Å². The molecule has 0 rings (SSSR count). The summed E-state index contributed by atoms with van der Waals surface area (Å²) in [6.45, 7) is 0. The van der Waals surface area contributed by atoms with Gasteiger partial charge in [-0.1, -0.05) is 0 Å². The predicted molar refractivity (Wildman–Crippen MR) is 26.6 cm³/mol. The minimum absolute atomic E-state index is 0. The molecule has 0 saturated heterocycles. The van der Waals surface area contributed by atoms with Crippen LogP contribution in [0.3, 0.4) is 0 Å². The molecule has 2 nitrogen and oxygen atoms in total. The van der Waals surface area contributed by atoms with Crippen molar-refractivity contribution in [3.05, 3.63) is 0 Å². The minimum Gasteiger partial charge on any atom is -0.295 e. The quantitative estimate of drug-likeness (QED) is 0.658. The van der Waals surface area contributed by atoms with Crippen molar-refractivity contribution in [2.45, 2.75) is 0 Å². The van der Waals surface area contributed by atoms with Gasteiger partial charge in [0.2, 0.25) is 0 Å². The van der Waals surface area contributed by atoms with Gasteiger partial charge in [0, 0.05) is 43.6 Å². The smallest absolute Gasteiger partial charge is 0.0832 e. The average molecular weight is 258 g/mol. The molecule has 0 atom stereocenters. The van der Waals surface area contributed by atoms with Crippen molar-refractivity contribution >= 4 is 53.0 Å². The van der Waals surface area contributed by atoms with Gasteiger partial charge in [0.15, 0.2) is 0 Å². The predicted octanol–water partition coefficient (Wildman–Crippen LogP) is 1.06. The Balaban J connectivity index is -0.0000000105. The molecule has 0 spiro atoms. The third-order valence-electron chi connectivity index (χ3n) is 0. The Kier molecular flexibility index (Phi) is 135. The van der Waals surface area contributed by atoms with Gasteiger partial charge in [-0.05, 0) is 0 Å². The zero-order valence-corrected chi connectivity index (χ0v) is 8.95. The van der Waals surface area contributed by atoms with Crippen LogP contribution in [0.1, 0.15) is 0 Å². The van der Waals surface area contributed by atoms with E-state index in [1.54, 1.807) is 0 Å². The first-order chi connectivity index (χ1) is 2.41. The Hall–Kier alpha value is 2.21. The van der Waals surface area contributed by atoms with E-state index in [1.807, 2.05) is 0 Å². The first kappa shape index (κ1) is 22.9. The second-order valence-corrected chi connectivity index (χ2v) is 0.525. The second-order valence-electron chi connectivity index (χ2n) is 0.0583. The molecule has 41 valence electrons. The largest absolute Gasteiger partial charge is 0.295 e. The molecule has 0 aromatic carbocycles. The summed E-state index contributed by atoms with van der Waals surface area (Å²) in [5.74, 6) is 0. The summed E-state index contributed by atoms with van der Waals surface area (Å²) >= 11 is 12.2. The summed E-state index contributed by atoms with van der Waals surface area (Å²) in [7, 11) is 0. The van der Waals surface area contributed by atoms with Gasteiger partial charge >= 0.3 is 0 Å². The summed E-state index contributed by atoms with van der Waals surface area (Å²) in [5, 5.41) is 0. The molecular formula is HAlCl3O2Zr. The van der Waals surface area contributed by atoms with Crippen LogP contribution in [0.5, 0.6) is 0 Å². The van der Waals surface area contributed by atoms with E-state index in [0.717, 1.165) is 0 Å². The number of hydrogen-bond donors (Lipinski definition) is 1. The Labute approximate surface area is 86.8 Å². The van der Waals surface area contributed by atoms with E-state index in [2.05, 4.69) is 39.4 Å². The van der Waals surface area contributed by atoms with E-state index < -0.39 is 0 Å². The molecule has 0 saturated carbocycles. The van der Waals surface area contributed by atoms with Crippen LogP contribution in [0, 0.1) is 0 Å². The maximum atomic E-state index is 6.47. The van der Waals surface area contributed by atoms with Gasteiger partial charge in [-0.15, -0.1) is 0 Å². The molecule has 0 aromatic rings. The van der Waals surface area contributed by atoms with Crippen molar-refractivity contribution in [2.24, 2.45) is 0 Å². The van der Waals surface area contributed by atoms with Crippen molar-refractivity contribution in [1.82, 2.24) is 0 Å². The van der Waals surface area contributed by atoms with Crippen LogP contribution < -0.4 is 0 Å². The minimum atomic E-state index is 0. The SMILES string of the molecule is ClOCl.OCl.[Al].[Zr]. The van der Waals surface area contributed by atoms with Crippen LogP contribution in [0.2, 0.25) is 0 Å². The normalized spacial score (nSPS) is 3.43. The topological polar surface area (TPSA) is 29.5 Å². The monoisotopic (exact) mass is 255 g/mol. The number of halogens is 3. The molecule has 7 heteroatoms. The second kappa shape index (κ2) is 41.5. The maximum absolute atomic E-state index is 6.47. The molecule has 7 heavy (non-hydrogen) atoms. The molecule has 0 amide bonds. The van der Waals surface area contributed by atoms with Gasteiger partial charge in [-0.2, -0.15) is 3.84 Å². The van der Waals surface area contributed by atoms with Crippen molar-refractivity contribution in [3.8, 4) is 0 Å². The third-order valence-corrected chi connectivity index (χ3v) is 0. The van der Waals surface area contributed by atoms with E-state index in [0.29, 0.717) is 0 Å². The molecule has 0 fully saturated rings. The van der Waals surface area contributed by atoms with Gasteiger partial charge < -0.3 is 0 Å². The average Bonchev–Trinajstić information content (AvgIpc) is 1.46. The fraction of sp³-hybridized carbons (Fsp3) is 0. The summed E-state index contributed by atoms with van der Waals surface area (Å²) in [6, 6.07) is 0. The number of rotatable bonds is 0. The Morgan fingerprint density at radius 2 is 1.14 bits per heavy atom. The van der Waals surface area contributed by atoms with Crippen molar-refractivity contribution in [1.29, 1.82) is 0 Å². The van der Waals surface area contributed by atoms with E-state index in [1.165, 1.54) is 0 Å². The Bertz CT molecular complexity index is 12.9. The van der Waals surface area contributed by atoms with Crippen LogP contribution >= 0.6 is 35.6 Å². The molecule has 0 aliphatic rings. The molecular weight excluding hydrogens is 257 g/mol. The van der Waals surface area contributed by atoms with Crippen LogP contribution in [-0.2, 0) is 30.0 Å². The van der Waals surface area contributed by atoms with Crippen LogP contribution in [0.25, 0.3) is 0 Å². The molecule has 0 aliphatic heterocycles. The summed E-state index contributed by atoms with van der Waals surface area (Å²) in [6.07, 6.45) is 0. The van der Waals surface area contributed by atoms with E-state index >= 15 is 0 Å².